The van der Waals surface area contributed by atoms with E-state index in [0.29, 0.717) is 33.1 Å². The van der Waals surface area contributed by atoms with Crippen LogP contribution >= 0.6 is 11.6 Å². The van der Waals surface area contributed by atoms with Gasteiger partial charge in [0.1, 0.15) is 18.1 Å². The van der Waals surface area contributed by atoms with E-state index >= 15 is 0 Å². The number of hydrogen-bond donors (Lipinski definition) is 7. The zero-order valence-electron chi connectivity index (χ0n) is 31.5. The molecular weight excluding hydrogens is 726 g/mol. The van der Waals surface area contributed by atoms with Gasteiger partial charge >= 0.3 is 11.9 Å². The maximum absolute atomic E-state index is 13.5. The average Bonchev–Trinajstić information content (AvgIpc) is 3.09. The molecule has 0 heterocycles. The molecule has 0 aliphatic rings. The average molecular weight is 774 g/mol. The van der Waals surface area contributed by atoms with Crippen LogP contribution in [0.1, 0.15) is 64.2 Å². The molecule has 0 fully saturated rings. The first kappa shape index (κ1) is 43.5. The van der Waals surface area contributed by atoms with Crippen molar-refractivity contribution in [1.29, 1.82) is 5.26 Å². The molecule has 292 valence electrons. The van der Waals surface area contributed by atoms with Crippen LogP contribution in [0.3, 0.4) is 0 Å². The van der Waals surface area contributed by atoms with Crippen LogP contribution in [0.15, 0.2) is 77.8 Å². The fourth-order valence-corrected chi connectivity index (χ4v) is 5.68. The molecule has 15 heteroatoms. The number of carbonyl (C=O) groups is 5. The molecule has 0 bridgehead atoms. The lowest BCUT2D eigenvalue weighted by Crippen LogP contribution is -2.53. The van der Waals surface area contributed by atoms with E-state index in [1.807, 2.05) is 40.8 Å². The van der Waals surface area contributed by atoms with Crippen molar-refractivity contribution < 1.29 is 34.2 Å². The normalized spacial score (nSPS) is 13.1. The third-order valence-electron chi connectivity index (χ3n) is 8.09. The van der Waals surface area contributed by atoms with Crippen molar-refractivity contribution in [3.63, 3.8) is 0 Å². The van der Waals surface area contributed by atoms with Gasteiger partial charge in [-0.3, -0.25) is 19.7 Å². The van der Waals surface area contributed by atoms with Gasteiger partial charge in [0.05, 0.1) is 12.1 Å². The lowest BCUT2D eigenvalue weighted by Gasteiger charge is -2.24. The largest absolute Gasteiger partial charge is 0.480 e. The number of anilines is 1. The SMILES string of the molecule is CC(C)CC(NC(=O)Cc1ccc(N=C(NC#N)Nc2ccc(Cl)cc2)cc1)C(=O)NC(Cc1ccccc1CC(NC(=O)CC(C)(C)C)C(=O)O)C(=O)O. The number of aliphatic carboxylic acids is 2. The van der Waals surface area contributed by atoms with Crippen molar-refractivity contribution in [3.8, 4) is 6.19 Å². The van der Waals surface area contributed by atoms with Crippen molar-refractivity contribution in [3.05, 3.63) is 94.5 Å². The maximum Gasteiger partial charge on any atom is 0.326 e. The number of carbonyl (C=O) groups excluding carboxylic acids is 3. The second-order valence-electron chi connectivity index (χ2n) is 14.7. The van der Waals surface area contributed by atoms with Crippen LogP contribution in [0, 0.1) is 22.8 Å². The summed E-state index contributed by atoms with van der Waals surface area (Å²) in [6.07, 6.45) is 1.84. The smallest absolute Gasteiger partial charge is 0.326 e. The topological polar surface area (TPSA) is 222 Å². The van der Waals surface area contributed by atoms with E-state index in [4.69, 9.17) is 16.9 Å². The second-order valence-corrected chi connectivity index (χ2v) is 15.1. The van der Waals surface area contributed by atoms with Gasteiger partial charge in [-0.05, 0) is 70.8 Å². The highest BCUT2D eigenvalue weighted by atomic mass is 35.5. The highest BCUT2D eigenvalue weighted by Crippen LogP contribution is 2.20. The van der Waals surface area contributed by atoms with Gasteiger partial charge in [0.15, 0.2) is 6.19 Å². The summed E-state index contributed by atoms with van der Waals surface area (Å²) >= 11 is 5.94. The summed E-state index contributed by atoms with van der Waals surface area (Å²) in [5, 5.41) is 43.0. The first-order chi connectivity index (χ1) is 25.9. The molecule has 0 saturated carbocycles. The summed E-state index contributed by atoms with van der Waals surface area (Å²) in [6.45, 7) is 9.32. The summed E-state index contributed by atoms with van der Waals surface area (Å²) in [7, 11) is 0. The zero-order chi connectivity index (χ0) is 40.7. The molecule has 55 heavy (non-hydrogen) atoms. The van der Waals surface area contributed by atoms with E-state index in [9.17, 15) is 34.2 Å². The minimum Gasteiger partial charge on any atom is -0.480 e. The molecule has 3 aromatic rings. The van der Waals surface area contributed by atoms with Gasteiger partial charge in [-0.1, -0.05) is 82.6 Å². The van der Waals surface area contributed by atoms with Crippen molar-refractivity contribution in [1.82, 2.24) is 21.3 Å². The molecule has 3 atom stereocenters. The minimum atomic E-state index is -1.40. The summed E-state index contributed by atoms with van der Waals surface area (Å²) < 4.78 is 0. The number of rotatable bonds is 17. The standard InChI is InChI=1S/C40H48ClN7O7/c1-24(2)18-31(46-34(49)19-25-10-14-29(15-11-25)44-39(43-23-42)45-30-16-12-28(41)13-17-30)36(51)48-33(38(54)55)21-27-9-7-6-8-26(27)20-32(37(52)53)47-35(50)22-40(3,4)5/h6-17,24,31-33H,18-22H2,1-5H3,(H,46,49)(H,47,50)(H,48,51)(H,52,53)(H,54,55)(H2,43,44,45). The number of nitriles is 1. The third-order valence-corrected chi connectivity index (χ3v) is 8.34. The van der Waals surface area contributed by atoms with Crippen molar-refractivity contribution in [2.24, 2.45) is 16.3 Å². The second kappa shape index (κ2) is 20.5. The molecule has 7 N–H and O–H groups in total. The number of hydrogen-bond acceptors (Lipinski definition) is 7. The molecule has 3 amide bonds. The van der Waals surface area contributed by atoms with Gasteiger partial charge in [-0.15, -0.1) is 0 Å². The Kier molecular flexibility index (Phi) is 16.2. The van der Waals surface area contributed by atoms with E-state index in [0.717, 1.165) is 0 Å². The molecule has 0 aromatic heterocycles. The van der Waals surface area contributed by atoms with Gasteiger partial charge in [0, 0.05) is 30.0 Å². The molecule has 14 nitrogen and oxygen atoms in total. The predicted molar refractivity (Wildman–Crippen MR) is 210 cm³/mol. The Morgan fingerprint density at radius 1 is 0.782 bits per heavy atom. The number of nitrogens with one attached hydrogen (secondary N) is 5. The van der Waals surface area contributed by atoms with Crippen LogP contribution in [-0.4, -0.2) is 64.0 Å². The molecule has 3 aromatic carbocycles. The van der Waals surface area contributed by atoms with Gasteiger partial charge in [0.2, 0.25) is 23.7 Å². The third kappa shape index (κ3) is 15.5. The Labute approximate surface area is 325 Å². The number of carboxylic acids is 2. The van der Waals surface area contributed by atoms with E-state index < -0.39 is 47.8 Å². The molecule has 0 radical (unpaired) electrons. The van der Waals surface area contributed by atoms with E-state index in [1.165, 1.54) is 0 Å². The van der Waals surface area contributed by atoms with Crippen LogP contribution in [0.2, 0.25) is 5.02 Å². The first-order valence-electron chi connectivity index (χ1n) is 17.7. The van der Waals surface area contributed by atoms with Crippen molar-refractivity contribution >= 4 is 58.6 Å². The number of carboxylic acid groups (broad SMARTS) is 2. The lowest BCUT2D eigenvalue weighted by molar-refractivity contribution is -0.142. The highest BCUT2D eigenvalue weighted by Gasteiger charge is 2.29. The number of nitrogens with zero attached hydrogens (tertiary/aromatic N) is 2. The monoisotopic (exact) mass is 773 g/mol. The number of benzene rings is 3. The van der Waals surface area contributed by atoms with Gasteiger partial charge in [-0.25, -0.2) is 14.6 Å². The minimum absolute atomic E-state index is 0.0312. The Morgan fingerprint density at radius 3 is 1.84 bits per heavy atom. The van der Waals surface area contributed by atoms with Crippen LogP contribution in [0.25, 0.3) is 0 Å². The number of aliphatic imine (C=N–C) groups is 1. The summed E-state index contributed by atoms with van der Waals surface area (Å²) in [5.41, 5.74) is 2.40. The quantitative estimate of drug-likeness (QED) is 0.0424. The number of amides is 3. The Morgan fingerprint density at radius 2 is 1.33 bits per heavy atom. The summed E-state index contributed by atoms with van der Waals surface area (Å²) in [5.74, 6) is -3.97. The molecular formula is C40H48ClN7O7. The van der Waals surface area contributed by atoms with Crippen molar-refractivity contribution in [2.75, 3.05) is 5.32 Å². The van der Waals surface area contributed by atoms with Crippen LogP contribution < -0.4 is 26.6 Å². The Hall–Kier alpha value is -5.94. The van der Waals surface area contributed by atoms with Gasteiger partial charge in [0.25, 0.3) is 0 Å². The van der Waals surface area contributed by atoms with E-state index in [-0.39, 0.29) is 49.4 Å². The molecule has 0 spiro atoms. The maximum atomic E-state index is 13.5. The Balaban J connectivity index is 1.69. The van der Waals surface area contributed by atoms with Crippen LogP contribution in [-0.2, 0) is 43.2 Å². The lowest BCUT2D eigenvalue weighted by atomic mass is 9.91. The molecule has 0 aliphatic heterocycles. The molecule has 3 rings (SSSR count). The summed E-state index contributed by atoms with van der Waals surface area (Å²) in [6, 6.07) is 16.5. The van der Waals surface area contributed by atoms with E-state index in [1.54, 1.807) is 72.8 Å². The van der Waals surface area contributed by atoms with Gasteiger partial charge < -0.3 is 31.5 Å². The highest BCUT2D eigenvalue weighted by molar-refractivity contribution is 6.30. The molecule has 0 aliphatic carbocycles. The van der Waals surface area contributed by atoms with Gasteiger partial charge in [-0.2, -0.15) is 5.26 Å². The first-order valence-corrected chi connectivity index (χ1v) is 18.1. The van der Waals surface area contributed by atoms with Crippen LogP contribution in [0.4, 0.5) is 11.4 Å². The fourth-order valence-electron chi connectivity index (χ4n) is 5.56. The number of halogens is 1. The number of guanidine groups is 1. The predicted octanol–water partition coefficient (Wildman–Crippen LogP) is 4.94. The Bertz CT molecular complexity index is 1890. The zero-order valence-corrected chi connectivity index (χ0v) is 32.2. The van der Waals surface area contributed by atoms with Crippen molar-refractivity contribution in [2.45, 2.75) is 84.8 Å². The fraction of sp³-hybridized carbons (Fsp3) is 0.375. The molecule has 0 saturated heterocycles. The van der Waals surface area contributed by atoms with E-state index in [2.05, 4.69) is 31.6 Å². The summed E-state index contributed by atoms with van der Waals surface area (Å²) in [4.78, 5) is 68.1. The van der Waals surface area contributed by atoms with Crippen LogP contribution in [0.5, 0.6) is 0 Å². The molecule has 3 unspecified atom stereocenters.